The van der Waals surface area contributed by atoms with Crippen LogP contribution in [0.15, 0.2) is 35.7 Å². The second-order valence-corrected chi connectivity index (χ2v) is 8.70. The van der Waals surface area contributed by atoms with Gasteiger partial charge in [0.25, 0.3) is 0 Å². The van der Waals surface area contributed by atoms with Crippen molar-refractivity contribution in [1.82, 2.24) is 10.2 Å². The number of nitrogens with one attached hydrogen (secondary N) is 1. The zero-order chi connectivity index (χ0) is 19.7. The number of nitrogens with zero attached hydrogens (tertiary/aromatic N) is 1. The van der Waals surface area contributed by atoms with Crippen molar-refractivity contribution in [1.29, 1.82) is 0 Å². The molecule has 28 heavy (non-hydrogen) atoms. The van der Waals surface area contributed by atoms with Crippen LogP contribution in [0.1, 0.15) is 48.1 Å². The van der Waals surface area contributed by atoms with Crippen molar-refractivity contribution >= 4 is 23.2 Å². The van der Waals surface area contributed by atoms with Gasteiger partial charge in [0.1, 0.15) is 11.9 Å². The molecule has 4 rings (SSSR count). The molecule has 1 N–H and O–H groups in total. The molecule has 2 heterocycles. The fourth-order valence-corrected chi connectivity index (χ4v) is 4.98. The standard InChI is InChI=1S/C22H25FN2O2S/c1-2-5-19(22(27)25-10-8-20-14(13-25)9-11-28-20)24-21(26)17-12-16(17)15-6-3-4-7-18(15)23/h3-4,6-7,9,11,16-17,19H,2,5,8,10,12-13H2,1H3,(H,24,26). The average molecular weight is 401 g/mol. The van der Waals surface area contributed by atoms with Gasteiger partial charge in [0.15, 0.2) is 0 Å². The Balaban J connectivity index is 1.39. The lowest BCUT2D eigenvalue weighted by molar-refractivity contribution is -0.137. The molecule has 1 fully saturated rings. The van der Waals surface area contributed by atoms with E-state index >= 15 is 0 Å². The van der Waals surface area contributed by atoms with Crippen LogP contribution in [-0.2, 0) is 22.6 Å². The van der Waals surface area contributed by atoms with Crippen LogP contribution in [0.4, 0.5) is 4.39 Å². The highest BCUT2D eigenvalue weighted by Crippen LogP contribution is 2.48. The molecule has 1 aromatic carbocycles. The van der Waals surface area contributed by atoms with Crippen LogP contribution in [0.5, 0.6) is 0 Å². The Morgan fingerprint density at radius 3 is 2.93 bits per heavy atom. The number of carbonyl (C=O) groups is 2. The van der Waals surface area contributed by atoms with Crippen molar-refractivity contribution in [2.24, 2.45) is 5.92 Å². The molecule has 1 aromatic heterocycles. The summed E-state index contributed by atoms with van der Waals surface area (Å²) >= 11 is 1.74. The van der Waals surface area contributed by atoms with Crippen molar-refractivity contribution < 1.29 is 14.0 Å². The molecular formula is C22H25FN2O2S. The van der Waals surface area contributed by atoms with Crippen LogP contribution in [-0.4, -0.2) is 29.3 Å². The van der Waals surface area contributed by atoms with Gasteiger partial charge in [-0.25, -0.2) is 4.39 Å². The molecular weight excluding hydrogens is 375 g/mol. The van der Waals surface area contributed by atoms with Crippen molar-refractivity contribution in [2.45, 2.75) is 51.1 Å². The van der Waals surface area contributed by atoms with Crippen molar-refractivity contribution in [3.8, 4) is 0 Å². The minimum Gasteiger partial charge on any atom is -0.344 e. The van der Waals surface area contributed by atoms with Crippen LogP contribution in [0, 0.1) is 11.7 Å². The van der Waals surface area contributed by atoms with Gasteiger partial charge in [0.05, 0.1) is 0 Å². The SMILES string of the molecule is CCCC(NC(=O)C1CC1c1ccccc1F)C(=O)N1CCc2sccc2C1. The summed E-state index contributed by atoms with van der Waals surface area (Å²) in [4.78, 5) is 29.0. The van der Waals surface area contributed by atoms with E-state index in [1.54, 1.807) is 29.5 Å². The molecule has 1 saturated carbocycles. The molecule has 148 valence electrons. The lowest BCUT2D eigenvalue weighted by atomic mass is 10.1. The summed E-state index contributed by atoms with van der Waals surface area (Å²) in [5.41, 5.74) is 1.81. The van der Waals surface area contributed by atoms with E-state index in [9.17, 15) is 14.0 Å². The van der Waals surface area contributed by atoms with E-state index in [1.165, 1.54) is 16.5 Å². The van der Waals surface area contributed by atoms with Crippen LogP contribution in [0.3, 0.4) is 0 Å². The van der Waals surface area contributed by atoms with E-state index < -0.39 is 6.04 Å². The molecule has 2 aromatic rings. The molecule has 2 aliphatic rings. The number of thiophene rings is 1. The first-order valence-corrected chi connectivity index (χ1v) is 10.8. The maximum atomic E-state index is 14.0. The third kappa shape index (κ3) is 3.83. The summed E-state index contributed by atoms with van der Waals surface area (Å²) in [5, 5.41) is 5.03. The van der Waals surface area contributed by atoms with E-state index in [1.807, 2.05) is 11.8 Å². The fraction of sp³-hybridized carbons (Fsp3) is 0.455. The number of amides is 2. The Hall–Kier alpha value is -2.21. The van der Waals surface area contributed by atoms with Gasteiger partial charge in [0.2, 0.25) is 11.8 Å². The molecule has 1 aliphatic heterocycles. The van der Waals surface area contributed by atoms with Crippen molar-refractivity contribution in [3.63, 3.8) is 0 Å². The molecule has 4 nitrogen and oxygen atoms in total. The Kier molecular flexibility index (Phi) is 5.49. The summed E-state index contributed by atoms with van der Waals surface area (Å²) in [6.07, 6.45) is 2.95. The number of benzene rings is 1. The van der Waals surface area contributed by atoms with Gasteiger partial charge in [-0.3, -0.25) is 9.59 Å². The molecule has 0 saturated heterocycles. The fourth-order valence-electron chi connectivity index (χ4n) is 4.09. The highest BCUT2D eigenvalue weighted by molar-refractivity contribution is 7.10. The minimum atomic E-state index is -0.500. The van der Waals surface area contributed by atoms with Crippen LogP contribution < -0.4 is 5.32 Å². The predicted octanol–water partition coefficient (Wildman–Crippen LogP) is 3.86. The van der Waals surface area contributed by atoms with Crippen LogP contribution in [0.2, 0.25) is 0 Å². The predicted molar refractivity (Wildman–Crippen MR) is 108 cm³/mol. The number of rotatable bonds is 6. The second-order valence-electron chi connectivity index (χ2n) is 7.70. The lowest BCUT2D eigenvalue weighted by Gasteiger charge is -2.31. The first-order chi connectivity index (χ1) is 13.6. The molecule has 1 aliphatic carbocycles. The molecule has 0 radical (unpaired) electrons. The second kappa shape index (κ2) is 8.03. The van der Waals surface area contributed by atoms with Crippen molar-refractivity contribution in [2.75, 3.05) is 6.54 Å². The van der Waals surface area contributed by atoms with Crippen LogP contribution in [0.25, 0.3) is 0 Å². The Bertz CT molecular complexity index is 881. The number of carbonyl (C=O) groups excluding carboxylic acids is 2. The molecule has 3 unspecified atom stereocenters. The van der Waals surface area contributed by atoms with E-state index in [0.29, 0.717) is 31.5 Å². The maximum absolute atomic E-state index is 14.0. The quantitative estimate of drug-likeness (QED) is 0.800. The molecule has 6 heteroatoms. The Labute approximate surface area is 168 Å². The minimum absolute atomic E-state index is 0.00450. The van der Waals surface area contributed by atoms with Gasteiger partial charge < -0.3 is 10.2 Å². The molecule has 0 spiro atoms. The number of halogens is 1. The largest absolute Gasteiger partial charge is 0.344 e. The Morgan fingerprint density at radius 2 is 2.14 bits per heavy atom. The highest BCUT2D eigenvalue weighted by Gasteiger charge is 2.46. The average Bonchev–Trinajstić information content (AvgIpc) is 3.35. The first-order valence-electron chi connectivity index (χ1n) is 9.97. The van der Waals surface area contributed by atoms with Gasteiger partial charge in [-0.1, -0.05) is 31.5 Å². The van der Waals surface area contributed by atoms with Gasteiger partial charge >= 0.3 is 0 Å². The molecule has 0 bridgehead atoms. The van der Waals surface area contributed by atoms with E-state index in [-0.39, 0.29) is 29.5 Å². The van der Waals surface area contributed by atoms with E-state index in [4.69, 9.17) is 0 Å². The summed E-state index contributed by atoms with van der Waals surface area (Å²) < 4.78 is 14.0. The smallest absolute Gasteiger partial charge is 0.245 e. The molecule has 2 amide bonds. The lowest BCUT2D eigenvalue weighted by Crippen LogP contribution is -2.50. The van der Waals surface area contributed by atoms with Gasteiger partial charge in [-0.2, -0.15) is 0 Å². The summed E-state index contributed by atoms with van der Waals surface area (Å²) in [7, 11) is 0. The third-order valence-corrected chi connectivity index (χ3v) is 6.77. The Morgan fingerprint density at radius 1 is 1.32 bits per heavy atom. The van der Waals surface area contributed by atoms with Crippen molar-refractivity contribution in [3.05, 3.63) is 57.5 Å². The highest BCUT2D eigenvalue weighted by atomic mass is 32.1. The first kappa shape index (κ1) is 19.1. The summed E-state index contributed by atoms with van der Waals surface area (Å²) in [5.74, 6) is -0.719. The molecule has 3 atom stereocenters. The van der Waals surface area contributed by atoms with E-state index in [0.717, 1.165) is 12.8 Å². The topological polar surface area (TPSA) is 49.4 Å². The number of fused-ring (bicyclic) bond motifs is 1. The zero-order valence-corrected chi connectivity index (χ0v) is 16.8. The zero-order valence-electron chi connectivity index (χ0n) is 16.0. The van der Waals surface area contributed by atoms with Gasteiger partial charge in [-0.15, -0.1) is 11.3 Å². The van der Waals surface area contributed by atoms with Gasteiger partial charge in [-0.05, 0) is 53.8 Å². The normalized spacial score (nSPS) is 21.7. The summed E-state index contributed by atoms with van der Waals surface area (Å²) in [6.45, 7) is 3.33. The monoisotopic (exact) mass is 400 g/mol. The number of hydrogen-bond acceptors (Lipinski definition) is 3. The van der Waals surface area contributed by atoms with Crippen LogP contribution >= 0.6 is 11.3 Å². The number of hydrogen-bond donors (Lipinski definition) is 1. The summed E-state index contributed by atoms with van der Waals surface area (Å²) in [6, 6.07) is 8.21. The maximum Gasteiger partial charge on any atom is 0.245 e. The third-order valence-electron chi connectivity index (χ3n) is 5.74. The van der Waals surface area contributed by atoms with E-state index in [2.05, 4.69) is 16.8 Å². The van der Waals surface area contributed by atoms with Gasteiger partial charge in [0, 0.05) is 23.9 Å².